The van der Waals surface area contributed by atoms with Gasteiger partial charge in [0.15, 0.2) is 0 Å². The molecule has 3 heteroatoms. The minimum atomic E-state index is -0.854. The lowest BCUT2D eigenvalue weighted by atomic mass is 10.1. The maximum Gasteiger partial charge on any atom is 0.129 e. The van der Waals surface area contributed by atoms with E-state index in [4.69, 9.17) is 0 Å². The topological polar surface area (TPSA) is 32.3 Å². The van der Waals surface area contributed by atoms with Gasteiger partial charge in [-0.1, -0.05) is 35.9 Å². The van der Waals surface area contributed by atoms with Crippen LogP contribution in [0.3, 0.4) is 0 Å². The lowest BCUT2D eigenvalue weighted by Gasteiger charge is -2.14. The molecule has 1 atom stereocenters. The lowest BCUT2D eigenvalue weighted by molar-refractivity contribution is 0.186. The first kappa shape index (κ1) is 12.6. The summed E-state index contributed by atoms with van der Waals surface area (Å²) in [5, 5.41) is 13.0. The molecule has 2 nitrogen and oxygen atoms in total. The molecule has 0 heterocycles. The molecule has 0 aliphatic heterocycles. The summed E-state index contributed by atoms with van der Waals surface area (Å²) in [7, 11) is 0. The second kappa shape index (κ2) is 5.65. The highest BCUT2D eigenvalue weighted by Crippen LogP contribution is 2.17. The zero-order valence-corrected chi connectivity index (χ0v) is 10.2. The maximum absolute atomic E-state index is 13.4. The van der Waals surface area contributed by atoms with Crippen LogP contribution in [0.15, 0.2) is 48.5 Å². The zero-order chi connectivity index (χ0) is 13.0. The van der Waals surface area contributed by atoms with Crippen LogP contribution in [-0.2, 0) is 0 Å². The van der Waals surface area contributed by atoms with Crippen molar-refractivity contribution in [1.82, 2.24) is 0 Å². The quantitative estimate of drug-likeness (QED) is 0.866. The minimum Gasteiger partial charge on any atom is -0.386 e. The van der Waals surface area contributed by atoms with Crippen LogP contribution >= 0.6 is 0 Å². The molecule has 0 aliphatic rings. The van der Waals surface area contributed by atoms with Crippen molar-refractivity contribution in [3.8, 4) is 0 Å². The number of hydrogen-bond acceptors (Lipinski definition) is 2. The third kappa shape index (κ3) is 3.08. The summed E-state index contributed by atoms with van der Waals surface area (Å²) >= 11 is 0. The van der Waals surface area contributed by atoms with Gasteiger partial charge in [0.25, 0.3) is 0 Å². The van der Waals surface area contributed by atoms with Crippen LogP contribution in [0.25, 0.3) is 0 Å². The number of hydrogen-bond donors (Lipinski definition) is 2. The summed E-state index contributed by atoms with van der Waals surface area (Å²) in [5.41, 5.74) is 2.41. The number of benzene rings is 2. The van der Waals surface area contributed by atoms with Crippen molar-refractivity contribution in [3.63, 3.8) is 0 Å². The highest BCUT2D eigenvalue weighted by atomic mass is 19.1. The normalized spacial score (nSPS) is 12.2. The van der Waals surface area contributed by atoms with Crippen LogP contribution in [0.2, 0.25) is 0 Å². The SMILES string of the molecule is Cc1ccc(NCC(O)c2ccccc2F)cc1. The average molecular weight is 245 g/mol. The Kier molecular flexibility index (Phi) is 3.95. The number of nitrogens with one attached hydrogen (secondary N) is 1. The molecule has 0 aromatic heterocycles. The van der Waals surface area contributed by atoms with Crippen LogP contribution in [0.4, 0.5) is 10.1 Å². The Bertz CT molecular complexity index is 510. The largest absolute Gasteiger partial charge is 0.386 e. The molecular weight excluding hydrogens is 229 g/mol. The number of aliphatic hydroxyl groups excluding tert-OH is 1. The Labute approximate surface area is 106 Å². The maximum atomic E-state index is 13.4. The van der Waals surface area contributed by atoms with Gasteiger partial charge in [-0.15, -0.1) is 0 Å². The van der Waals surface area contributed by atoms with Gasteiger partial charge < -0.3 is 10.4 Å². The molecule has 0 saturated heterocycles. The molecule has 0 amide bonds. The molecule has 1 unspecified atom stereocenters. The fraction of sp³-hybridized carbons (Fsp3) is 0.200. The predicted molar refractivity (Wildman–Crippen MR) is 71.0 cm³/mol. The van der Waals surface area contributed by atoms with E-state index in [2.05, 4.69) is 5.32 Å². The Balaban J connectivity index is 1.98. The molecule has 0 saturated carbocycles. The van der Waals surface area contributed by atoms with Crippen LogP contribution in [-0.4, -0.2) is 11.7 Å². The van der Waals surface area contributed by atoms with E-state index in [1.165, 1.54) is 11.6 Å². The number of aliphatic hydroxyl groups is 1. The van der Waals surface area contributed by atoms with Crippen molar-refractivity contribution >= 4 is 5.69 Å². The fourth-order valence-electron chi connectivity index (χ4n) is 1.74. The van der Waals surface area contributed by atoms with Crippen molar-refractivity contribution in [2.24, 2.45) is 0 Å². The molecular formula is C15H16FNO. The summed E-state index contributed by atoms with van der Waals surface area (Å²) in [6, 6.07) is 14.1. The molecule has 0 bridgehead atoms. The van der Waals surface area contributed by atoms with Gasteiger partial charge in [-0.2, -0.15) is 0 Å². The lowest BCUT2D eigenvalue weighted by Crippen LogP contribution is -2.13. The molecule has 18 heavy (non-hydrogen) atoms. The molecule has 2 aromatic carbocycles. The van der Waals surface area contributed by atoms with Crippen LogP contribution in [0.1, 0.15) is 17.2 Å². The zero-order valence-electron chi connectivity index (χ0n) is 10.2. The minimum absolute atomic E-state index is 0.282. The molecule has 94 valence electrons. The Morgan fingerprint density at radius 1 is 1.11 bits per heavy atom. The molecule has 2 aromatic rings. The second-order valence-electron chi connectivity index (χ2n) is 4.28. The van der Waals surface area contributed by atoms with Gasteiger partial charge in [0.05, 0.1) is 6.10 Å². The first-order valence-electron chi connectivity index (χ1n) is 5.90. The van der Waals surface area contributed by atoms with Crippen LogP contribution in [0, 0.1) is 12.7 Å². The summed E-state index contributed by atoms with van der Waals surface area (Å²) < 4.78 is 13.4. The number of rotatable bonds is 4. The van der Waals surface area contributed by atoms with E-state index < -0.39 is 6.10 Å². The van der Waals surface area contributed by atoms with Crippen molar-refractivity contribution in [2.75, 3.05) is 11.9 Å². The summed E-state index contributed by atoms with van der Waals surface area (Å²) in [6.45, 7) is 2.29. The molecule has 2 rings (SSSR count). The van der Waals surface area contributed by atoms with Crippen molar-refractivity contribution < 1.29 is 9.50 Å². The highest BCUT2D eigenvalue weighted by Gasteiger charge is 2.11. The van der Waals surface area contributed by atoms with E-state index >= 15 is 0 Å². The monoisotopic (exact) mass is 245 g/mol. The summed E-state index contributed by atoms with van der Waals surface area (Å²) in [4.78, 5) is 0. The Morgan fingerprint density at radius 2 is 1.78 bits per heavy atom. The smallest absolute Gasteiger partial charge is 0.129 e. The first-order chi connectivity index (χ1) is 8.66. The number of aryl methyl sites for hydroxylation is 1. The molecule has 0 spiro atoms. The first-order valence-corrected chi connectivity index (χ1v) is 5.90. The third-order valence-corrected chi connectivity index (χ3v) is 2.82. The van der Waals surface area contributed by atoms with E-state index in [0.717, 1.165) is 5.69 Å². The Hall–Kier alpha value is -1.87. The van der Waals surface area contributed by atoms with E-state index in [1.54, 1.807) is 18.2 Å². The van der Waals surface area contributed by atoms with Crippen molar-refractivity contribution in [3.05, 3.63) is 65.5 Å². The highest BCUT2D eigenvalue weighted by molar-refractivity contribution is 5.44. The standard InChI is InChI=1S/C15H16FNO/c1-11-6-8-12(9-7-11)17-10-15(18)13-4-2-3-5-14(13)16/h2-9,15,17-18H,10H2,1H3. The fourth-order valence-corrected chi connectivity index (χ4v) is 1.74. The number of halogens is 1. The summed E-state index contributed by atoms with van der Waals surface area (Å²) in [5.74, 6) is -0.379. The van der Waals surface area contributed by atoms with Gasteiger partial charge in [-0.3, -0.25) is 0 Å². The van der Waals surface area contributed by atoms with Crippen LogP contribution in [0.5, 0.6) is 0 Å². The van der Waals surface area contributed by atoms with E-state index in [1.807, 2.05) is 31.2 Å². The van der Waals surface area contributed by atoms with Gasteiger partial charge in [-0.05, 0) is 25.1 Å². The van der Waals surface area contributed by atoms with Gasteiger partial charge in [0.2, 0.25) is 0 Å². The van der Waals surface area contributed by atoms with Gasteiger partial charge in [-0.25, -0.2) is 4.39 Å². The Morgan fingerprint density at radius 3 is 2.44 bits per heavy atom. The molecule has 2 N–H and O–H groups in total. The third-order valence-electron chi connectivity index (χ3n) is 2.82. The van der Waals surface area contributed by atoms with Crippen molar-refractivity contribution in [2.45, 2.75) is 13.0 Å². The van der Waals surface area contributed by atoms with E-state index in [0.29, 0.717) is 5.56 Å². The molecule has 0 fully saturated rings. The average Bonchev–Trinajstić information content (AvgIpc) is 2.38. The predicted octanol–water partition coefficient (Wildman–Crippen LogP) is 3.28. The second-order valence-corrected chi connectivity index (χ2v) is 4.28. The van der Waals surface area contributed by atoms with E-state index in [-0.39, 0.29) is 12.4 Å². The van der Waals surface area contributed by atoms with Gasteiger partial charge >= 0.3 is 0 Å². The van der Waals surface area contributed by atoms with E-state index in [9.17, 15) is 9.50 Å². The van der Waals surface area contributed by atoms with Gasteiger partial charge in [0, 0.05) is 17.8 Å². The summed E-state index contributed by atoms with van der Waals surface area (Å²) in [6.07, 6.45) is -0.854. The van der Waals surface area contributed by atoms with Crippen molar-refractivity contribution in [1.29, 1.82) is 0 Å². The van der Waals surface area contributed by atoms with Crippen LogP contribution < -0.4 is 5.32 Å². The molecule has 0 aliphatic carbocycles. The van der Waals surface area contributed by atoms with Gasteiger partial charge in [0.1, 0.15) is 5.82 Å². The number of anilines is 1. The molecule has 0 radical (unpaired) electrons.